The lowest BCUT2D eigenvalue weighted by atomic mass is 10.2. The van der Waals surface area contributed by atoms with Gasteiger partial charge in [-0.2, -0.15) is 13.2 Å². The number of nitrogens with zero attached hydrogens (tertiary/aromatic N) is 1. The molecule has 1 N–H and O–H groups in total. The quantitative estimate of drug-likeness (QED) is 0.843. The number of halogens is 3. The van der Waals surface area contributed by atoms with Crippen LogP contribution in [0, 0.1) is 0 Å². The molecule has 0 fully saturated rings. The zero-order chi connectivity index (χ0) is 14.0. The zero-order valence-corrected chi connectivity index (χ0v) is 10.1. The number of carbonyl (C=O) groups is 1. The van der Waals surface area contributed by atoms with Gasteiger partial charge in [-0.05, 0) is 32.9 Å². The molecule has 0 aliphatic carbocycles. The lowest BCUT2D eigenvalue weighted by Gasteiger charge is -2.19. The van der Waals surface area contributed by atoms with Crippen LogP contribution in [0.4, 0.5) is 23.8 Å². The number of alkyl halides is 3. The summed E-state index contributed by atoms with van der Waals surface area (Å²) in [5.41, 5.74) is -1.56. The smallest absolute Gasteiger partial charge is 0.417 e. The highest BCUT2D eigenvalue weighted by molar-refractivity contribution is 5.83. The van der Waals surface area contributed by atoms with Crippen LogP contribution < -0.4 is 5.32 Å². The highest BCUT2D eigenvalue weighted by Gasteiger charge is 2.30. The minimum absolute atomic E-state index is 0.00255. The van der Waals surface area contributed by atoms with Crippen LogP contribution >= 0.6 is 0 Å². The van der Waals surface area contributed by atoms with E-state index in [1.165, 1.54) is 0 Å². The maximum atomic E-state index is 12.3. The molecule has 1 heterocycles. The third kappa shape index (κ3) is 4.60. The fraction of sp³-hybridized carbons (Fsp3) is 0.455. The number of rotatable bonds is 1. The predicted octanol–water partition coefficient (Wildman–Crippen LogP) is 3.45. The zero-order valence-electron chi connectivity index (χ0n) is 10.1. The van der Waals surface area contributed by atoms with Gasteiger partial charge in [-0.15, -0.1) is 0 Å². The van der Waals surface area contributed by atoms with Crippen molar-refractivity contribution in [1.29, 1.82) is 0 Å². The molecule has 1 aromatic rings. The van der Waals surface area contributed by atoms with Gasteiger partial charge in [0.15, 0.2) is 0 Å². The summed E-state index contributed by atoms with van der Waals surface area (Å²) in [6.45, 7) is 5.02. The number of pyridine rings is 1. The number of anilines is 1. The Labute approximate surface area is 102 Å². The number of ether oxygens (including phenoxy) is 1. The Morgan fingerprint density at radius 1 is 1.28 bits per heavy atom. The maximum Gasteiger partial charge on any atom is 0.417 e. The Morgan fingerprint density at radius 3 is 2.28 bits per heavy atom. The third-order valence-corrected chi connectivity index (χ3v) is 1.72. The first-order valence-electron chi connectivity index (χ1n) is 5.11. The largest absolute Gasteiger partial charge is 0.444 e. The number of nitrogens with one attached hydrogen (secondary N) is 1. The van der Waals surface area contributed by atoms with E-state index in [0.29, 0.717) is 6.20 Å². The minimum atomic E-state index is -4.45. The molecule has 1 rings (SSSR count). The fourth-order valence-corrected chi connectivity index (χ4v) is 1.04. The first-order chi connectivity index (χ1) is 8.08. The fourth-order valence-electron chi connectivity index (χ4n) is 1.04. The lowest BCUT2D eigenvalue weighted by Crippen LogP contribution is -2.27. The van der Waals surface area contributed by atoms with Crippen LogP contribution in [0.15, 0.2) is 18.3 Å². The van der Waals surface area contributed by atoms with Gasteiger partial charge in [0.25, 0.3) is 0 Å². The van der Waals surface area contributed by atoms with Crippen molar-refractivity contribution in [2.75, 3.05) is 5.32 Å². The van der Waals surface area contributed by atoms with Crippen molar-refractivity contribution in [3.63, 3.8) is 0 Å². The summed E-state index contributed by atoms with van der Waals surface area (Å²) in [6.07, 6.45) is -4.57. The highest BCUT2D eigenvalue weighted by atomic mass is 19.4. The molecule has 0 atom stereocenters. The number of hydrogen-bond donors (Lipinski definition) is 1. The van der Waals surface area contributed by atoms with Gasteiger partial charge >= 0.3 is 12.3 Å². The molecule has 0 saturated carbocycles. The van der Waals surface area contributed by atoms with Crippen molar-refractivity contribution in [3.05, 3.63) is 23.9 Å². The van der Waals surface area contributed by atoms with Gasteiger partial charge in [-0.3, -0.25) is 5.32 Å². The molecule has 0 unspecified atom stereocenters. The van der Waals surface area contributed by atoms with E-state index < -0.39 is 23.4 Å². The second-order valence-corrected chi connectivity index (χ2v) is 4.56. The van der Waals surface area contributed by atoms with E-state index in [4.69, 9.17) is 4.74 Å². The highest BCUT2D eigenvalue weighted by Crippen LogP contribution is 2.28. The minimum Gasteiger partial charge on any atom is -0.444 e. The Kier molecular flexibility index (Phi) is 3.83. The molecule has 0 radical (unpaired) electrons. The van der Waals surface area contributed by atoms with Crippen LogP contribution in [-0.2, 0) is 10.9 Å². The molecule has 1 aromatic heterocycles. The Balaban J connectivity index is 2.67. The van der Waals surface area contributed by atoms with E-state index in [1.54, 1.807) is 20.8 Å². The molecule has 0 aromatic carbocycles. The van der Waals surface area contributed by atoms with Crippen LogP contribution in [0.25, 0.3) is 0 Å². The molecule has 4 nitrogen and oxygen atoms in total. The van der Waals surface area contributed by atoms with Gasteiger partial charge in [-0.1, -0.05) is 0 Å². The molecule has 0 aliphatic heterocycles. The summed E-state index contributed by atoms with van der Waals surface area (Å²) < 4.78 is 41.7. The van der Waals surface area contributed by atoms with Crippen molar-refractivity contribution in [1.82, 2.24) is 4.98 Å². The summed E-state index contributed by atoms with van der Waals surface area (Å²) in [5.74, 6) is -0.00255. The summed E-state index contributed by atoms with van der Waals surface area (Å²) >= 11 is 0. The second kappa shape index (κ2) is 4.83. The number of hydrogen-bond acceptors (Lipinski definition) is 3. The molecule has 0 saturated heterocycles. The summed E-state index contributed by atoms with van der Waals surface area (Å²) in [4.78, 5) is 14.8. The van der Waals surface area contributed by atoms with Crippen molar-refractivity contribution in [3.8, 4) is 0 Å². The number of amides is 1. The Bertz CT molecular complexity index is 421. The number of aromatic nitrogens is 1. The van der Waals surface area contributed by atoms with Gasteiger partial charge in [0, 0.05) is 6.20 Å². The van der Waals surface area contributed by atoms with E-state index in [9.17, 15) is 18.0 Å². The van der Waals surface area contributed by atoms with Crippen molar-refractivity contribution in [2.45, 2.75) is 32.5 Å². The van der Waals surface area contributed by atoms with Crippen LogP contribution in [0.2, 0.25) is 0 Å². The van der Waals surface area contributed by atoms with Crippen LogP contribution in [0.3, 0.4) is 0 Å². The first kappa shape index (κ1) is 14.3. The van der Waals surface area contributed by atoms with Crippen LogP contribution in [-0.4, -0.2) is 16.7 Å². The van der Waals surface area contributed by atoms with Gasteiger partial charge in [-0.25, -0.2) is 9.78 Å². The normalized spacial score (nSPS) is 12.1. The molecule has 0 aliphatic rings. The average molecular weight is 262 g/mol. The van der Waals surface area contributed by atoms with E-state index >= 15 is 0 Å². The van der Waals surface area contributed by atoms with Crippen molar-refractivity contribution >= 4 is 11.9 Å². The number of carbonyl (C=O) groups excluding carboxylic acids is 1. The summed E-state index contributed by atoms with van der Waals surface area (Å²) in [6, 6.07) is 1.90. The Hall–Kier alpha value is -1.79. The van der Waals surface area contributed by atoms with E-state index in [1.807, 2.05) is 0 Å². The molecular formula is C11H13F3N2O2. The standard InChI is InChI=1S/C11H13F3N2O2/c1-10(2,3)18-9(17)16-8-5-4-7(6-15-8)11(12,13)14/h4-6H,1-3H3,(H,15,16,17). The predicted molar refractivity (Wildman–Crippen MR) is 59.1 cm³/mol. The summed E-state index contributed by atoms with van der Waals surface area (Å²) in [5, 5.41) is 2.24. The van der Waals surface area contributed by atoms with Gasteiger partial charge in [0.05, 0.1) is 5.56 Å². The Morgan fingerprint density at radius 2 is 1.89 bits per heavy atom. The van der Waals surface area contributed by atoms with Gasteiger partial charge in [0.2, 0.25) is 0 Å². The average Bonchev–Trinajstić information content (AvgIpc) is 2.13. The van der Waals surface area contributed by atoms with Crippen LogP contribution in [0.5, 0.6) is 0 Å². The SMILES string of the molecule is CC(C)(C)OC(=O)Nc1ccc(C(F)(F)F)cn1. The van der Waals surface area contributed by atoms with E-state index in [0.717, 1.165) is 12.1 Å². The molecule has 1 amide bonds. The molecule has 7 heteroatoms. The molecule has 0 bridgehead atoms. The second-order valence-electron chi connectivity index (χ2n) is 4.56. The molecular weight excluding hydrogens is 249 g/mol. The molecule has 0 spiro atoms. The third-order valence-electron chi connectivity index (χ3n) is 1.72. The van der Waals surface area contributed by atoms with Gasteiger partial charge in [0.1, 0.15) is 11.4 Å². The van der Waals surface area contributed by atoms with Crippen molar-refractivity contribution in [2.24, 2.45) is 0 Å². The van der Waals surface area contributed by atoms with Crippen molar-refractivity contribution < 1.29 is 22.7 Å². The lowest BCUT2D eigenvalue weighted by molar-refractivity contribution is -0.137. The van der Waals surface area contributed by atoms with E-state index in [-0.39, 0.29) is 5.82 Å². The van der Waals surface area contributed by atoms with E-state index in [2.05, 4.69) is 10.3 Å². The maximum absolute atomic E-state index is 12.3. The topological polar surface area (TPSA) is 51.2 Å². The molecule has 100 valence electrons. The first-order valence-corrected chi connectivity index (χ1v) is 5.11. The molecule has 18 heavy (non-hydrogen) atoms. The van der Waals surface area contributed by atoms with Gasteiger partial charge < -0.3 is 4.74 Å². The monoisotopic (exact) mass is 262 g/mol. The van der Waals surface area contributed by atoms with Crippen LogP contribution in [0.1, 0.15) is 26.3 Å². The summed E-state index contributed by atoms with van der Waals surface area (Å²) in [7, 11) is 0.